The summed E-state index contributed by atoms with van der Waals surface area (Å²) in [6, 6.07) is 1.75. The first-order valence-corrected chi connectivity index (χ1v) is 6.47. The molecule has 0 unspecified atom stereocenters. The summed E-state index contributed by atoms with van der Waals surface area (Å²) in [5, 5.41) is -0.531. The summed E-state index contributed by atoms with van der Waals surface area (Å²) < 4.78 is 5.33. The molecule has 4 heteroatoms. The minimum atomic E-state index is -0.531. The number of aryl methyl sites for hydroxylation is 1. The Morgan fingerprint density at radius 1 is 1.35 bits per heavy atom. The Morgan fingerprint density at radius 2 is 1.94 bits per heavy atom. The molecule has 17 heavy (non-hydrogen) atoms. The highest BCUT2D eigenvalue weighted by Crippen LogP contribution is 2.18. The van der Waals surface area contributed by atoms with Crippen molar-refractivity contribution < 1.29 is 9.21 Å². The highest BCUT2D eigenvalue weighted by molar-refractivity contribution is 6.67. The fraction of sp³-hybridized carbons (Fsp3) is 0.615. The zero-order valence-electron chi connectivity index (χ0n) is 10.8. The predicted molar refractivity (Wildman–Crippen MR) is 69.5 cm³/mol. The first-order valence-electron chi connectivity index (χ1n) is 6.10. The molecule has 0 N–H and O–H groups in total. The lowest BCUT2D eigenvalue weighted by molar-refractivity contribution is 0.105. The molecular formula is C13H20ClNO2. The van der Waals surface area contributed by atoms with Gasteiger partial charge in [0, 0.05) is 12.1 Å². The second-order valence-electron chi connectivity index (χ2n) is 4.24. The number of furan rings is 1. The van der Waals surface area contributed by atoms with Gasteiger partial charge in [0.15, 0.2) is 5.76 Å². The van der Waals surface area contributed by atoms with Gasteiger partial charge in [-0.05, 0) is 50.5 Å². The summed E-state index contributed by atoms with van der Waals surface area (Å²) >= 11 is 5.40. The van der Waals surface area contributed by atoms with Crippen LogP contribution in [0.2, 0.25) is 0 Å². The van der Waals surface area contributed by atoms with E-state index in [4.69, 9.17) is 16.0 Å². The van der Waals surface area contributed by atoms with E-state index in [0.29, 0.717) is 0 Å². The van der Waals surface area contributed by atoms with Gasteiger partial charge in [0.1, 0.15) is 5.76 Å². The van der Waals surface area contributed by atoms with E-state index in [1.807, 2.05) is 6.92 Å². The molecule has 1 aromatic heterocycles. The normalized spacial score (nSPS) is 11.1. The van der Waals surface area contributed by atoms with Gasteiger partial charge in [0.05, 0.1) is 0 Å². The maximum Gasteiger partial charge on any atom is 0.287 e. The number of halogens is 1. The minimum absolute atomic E-state index is 0.243. The van der Waals surface area contributed by atoms with Crippen LogP contribution in [-0.2, 0) is 6.54 Å². The van der Waals surface area contributed by atoms with E-state index in [9.17, 15) is 4.79 Å². The Hall–Kier alpha value is -0.800. The quantitative estimate of drug-likeness (QED) is 0.700. The monoisotopic (exact) mass is 257 g/mol. The molecule has 0 bridgehead atoms. The van der Waals surface area contributed by atoms with Gasteiger partial charge in [-0.25, -0.2) is 0 Å². The fourth-order valence-corrected chi connectivity index (χ4v) is 2.01. The first kappa shape index (κ1) is 14.3. The third-order valence-electron chi connectivity index (χ3n) is 2.69. The van der Waals surface area contributed by atoms with Crippen LogP contribution in [0, 0.1) is 6.92 Å². The van der Waals surface area contributed by atoms with Gasteiger partial charge in [0.25, 0.3) is 5.24 Å². The molecule has 0 radical (unpaired) electrons. The summed E-state index contributed by atoms with van der Waals surface area (Å²) in [6.45, 7) is 9.14. The van der Waals surface area contributed by atoms with Crippen molar-refractivity contribution in [2.45, 2.75) is 40.2 Å². The van der Waals surface area contributed by atoms with Crippen LogP contribution in [-0.4, -0.2) is 23.2 Å². The van der Waals surface area contributed by atoms with Gasteiger partial charge >= 0.3 is 0 Å². The molecule has 3 nitrogen and oxygen atoms in total. The van der Waals surface area contributed by atoms with E-state index in [-0.39, 0.29) is 5.76 Å². The number of rotatable bonds is 7. The molecule has 0 fully saturated rings. The molecular weight excluding hydrogens is 238 g/mol. The number of nitrogens with zero attached hydrogens (tertiary/aromatic N) is 1. The standard InChI is InChI=1S/C13H20ClNO2/c1-4-6-15(7-5-2)9-11-8-12(13(14)16)17-10(11)3/h8H,4-7,9H2,1-3H3. The highest BCUT2D eigenvalue weighted by Gasteiger charge is 2.14. The van der Waals surface area contributed by atoms with Gasteiger partial charge in [-0.15, -0.1) is 0 Å². The molecule has 0 spiro atoms. The lowest BCUT2D eigenvalue weighted by Crippen LogP contribution is -2.24. The van der Waals surface area contributed by atoms with Gasteiger partial charge in [0.2, 0.25) is 0 Å². The third-order valence-corrected chi connectivity index (χ3v) is 2.87. The molecule has 96 valence electrons. The second-order valence-corrected chi connectivity index (χ2v) is 4.59. The van der Waals surface area contributed by atoms with E-state index in [0.717, 1.165) is 43.8 Å². The molecule has 0 atom stereocenters. The zero-order valence-corrected chi connectivity index (χ0v) is 11.5. The van der Waals surface area contributed by atoms with Gasteiger partial charge in [-0.3, -0.25) is 9.69 Å². The van der Waals surface area contributed by atoms with Crippen LogP contribution in [0.25, 0.3) is 0 Å². The van der Waals surface area contributed by atoms with Crippen molar-refractivity contribution in [1.82, 2.24) is 4.90 Å². The topological polar surface area (TPSA) is 33.5 Å². The van der Waals surface area contributed by atoms with Crippen molar-refractivity contribution in [2.24, 2.45) is 0 Å². The van der Waals surface area contributed by atoms with Crippen molar-refractivity contribution in [3.63, 3.8) is 0 Å². The molecule has 0 saturated carbocycles. The molecule has 1 rings (SSSR count). The molecule has 1 heterocycles. The lowest BCUT2D eigenvalue weighted by atomic mass is 10.2. The fourth-order valence-electron chi connectivity index (χ4n) is 1.92. The van der Waals surface area contributed by atoms with E-state index in [1.54, 1.807) is 6.07 Å². The Labute approximate surface area is 108 Å². The minimum Gasteiger partial charge on any atom is -0.457 e. The summed E-state index contributed by atoms with van der Waals surface area (Å²) in [5.41, 5.74) is 1.05. The Kier molecular flexibility index (Phi) is 5.72. The largest absolute Gasteiger partial charge is 0.457 e. The SMILES string of the molecule is CCCN(CCC)Cc1cc(C(=O)Cl)oc1C. The van der Waals surface area contributed by atoms with Gasteiger partial charge < -0.3 is 4.42 Å². The molecule has 0 aromatic carbocycles. The maximum atomic E-state index is 11.0. The second kappa shape index (κ2) is 6.82. The van der Waals surface area contributed by atoms with Crippen LogP contribution in [0.5, 0.6) is 0 Å². The molecule has 0 saturated heterocycles. The van der Waals surface area contributed by atoms with Crippen molar-refractivity contribution in [3.05, 3.63) is 23.2 Å². The summed E-state index contributed by atoms with van der Waals surface area (Å²) in [6.07, 6.45) is 2.25. The predicted octanol–water partition coefficient (Wildman–Crippen LogP) is 3.59. The molecule has 0 aliphatic rings. The Balaban J connectivity index is 2.74. The summed E-state index contributed by atoms with van der Waals surface area (Å²) in [4.78, 5) is 13.4. The number of hydrogen-bond acceptors (Lipinski definition) is 3. The number of carbonyl (C=O) groups is 1. The van der Waals surface area contributed by atoms with Gasteiger partial charge in [-0.2, -0.15) is 0 Å². The lowest BCUT2D eigenvalue weighted by Gasteiger charge is -2.20. The first-order chi connectivity index (χ1) is 8.08. The van der Waals surface area contributed by atoms with E-state index < -0.39 is 5.24 Å². The van der Waals surface area contributed by atoms with Crippen LogP contribution in [0.3, 0.4) is 0 Å². The Bertz CT molecular complexity index is 367. The van der Waals surface area contributed by atoms with E-state index >= 15 is 0 Å². The summed E-state index contributed by atoms with van der Waals surface area (Å²) in [5.74, 6) is 1.03. The molecule has 0 aliphatic carbocycles. The van der Waals surface area contributed by atoms with E-state index in [2.05, 4.69) is 18.7 Å². The maximum absolute atomic E-state index is 11.0. The average molecular weight is 258 g/mol. The van der Waals surface area contributed by atoms with Crippen molar-refractivity contribution in [3.8, 4) is 0 Å². The van der Waals surface area contributed by atoms with Crippen molar-refractivity contribution in [2.75, 3.05) is 13.1 Å². The third kappa shape index (κ3) is 4.17. The highest BCUT2D eigenvalue weighted by atomic mass is 35.5. The molecule has 0 aliphatic heterocycles. The van der Waals surface area contributed by atoms with Crippen molar-refractivity contribution in [1.29, 1.82) is 0 Å². The average Bonchev–Trinajstić information content (AvgIpc) is 2.61. The van der Waals surface area contributed by atoms with Crippen LogP contribution in [0.4, 0.5) is 0 Å². The zero-order chi connectivity index (χ0) is 12.8. The smallest absolute Gasteiger partial charge is 0.287 e. The van der Waals surface area contributed by atoms with Crippen LogP contribution >= 0.6 is 11.6 Å². The van der Waals surface area contributed by atoms with Crippen LogP contribution < -0.4 is 0 Å². The number of carbonyl (C=O) groups excluding carboxylic acids is 1. The van der Waals surface area contributed by atoms with Crippen molar-refractivity contribution >= 4 is 16.8 Å². The van der Waals surface area contributed by atoms with Gasteiger partial charge in [-0.1, -0.05) is 13.8 Å². The van der Waals surface area contributed by atoms with E-state index in [1.165, 1.54) is 0 Å². The van der Waals surface area contributed by atoms with Crippen LogP contribution in [0.15, 0.2) is 10.5 Å². The Morgan fingerprint density at radius 3 is 2.35 bits per heavy atom. The molecule has 1 aromatic rings. The number of hydrogen-bond donors (Lipinski definition) is 0. The van der Waals surface area contributed by atoms with Crippen LogP contribution in [0.1, 0.15) is 48.6 Å². The summed E-state index contributed by atoms with van der Waals surface area (Å²) in [7, 11) is 0. The molecule has 0 amide bonds.